The van der Waals surface area contributed by atoms with Gasteiger partial charge in [-0.15, -0.1) is 22.7 Å². The molecule has 5 heterocycles. The summed E-state index contributed by atoms with van der Waals surface area (Å²) in [6.07, 6.45) is -4.71. The van der Waals surface area contributed by atoms with Crippen molar-refractivity contribution in [2.24, 2.45) is 0 Å². The molecule has 4 aromatic heterocycles. The van der Waals surface area contributed by atoms with Gasteiger partial charge in [-0.25, -0.2) is 17.9 Å². The summed E-state index contributed by atoms with van der Waals surface area (Å²) >= 11 is 2.37. The maximum Gasteiger partial charge on any atom is 0.433 e. The molecule has 14 heteroatoms. The lowest BCUT2D eigenvalue weighted by atomic mass is 10.2. The summed E-state index contributed by atoms with van der Waals surface area (Å²) in [4.78, 5) is 19.2. The maximum absolute atomic E-state index is 13.7. The van der Waals surface area contributed by atoms with E-state index in [0.717, 1.165) is 17.4 Å². The van der Waals surface area contributed by atoms with Crippen molar-refractivity contribution in [2.75, 3.05) is 26.2 Å². The minimum atomic E-state index is -4.71. The van der Waals surface area contributed by atoms with Crippen molar-refractivity contribution in [1.29, 1.82) is 0 Å². The van der Waals surface area contributed by atoms with Crippen LogP contribution in [0.2, 0.25) is 0 Å². The average Bonchev–Trinajstić information content (AvgIpc) is 3.58. The van der Waals surface area contributed by atoms with E-state index in [1.165, 1.54) is 32.7 Å². The second kappa shape index (κ2) is 8.45. The average molecular weight is 528 g/mol. The number of carbonyl (C=O) groups excluding carboxylic acids is 1. The molecule has 0 atom stereocenters. The van der Waals surface area contributed by atoms with Gasteiger partial charge in [0.1, 0.15) is 4.21 Å². The normalized spacial score (nSPS) is 15.8. The van der Waals surface area contributed by atoms with Crippen molar-refractivity contribution in [1.82, 2.24) is 23.8 Å². The number of fused-ring (bicyclic) bond motifs is 1. The number of halogens is 3. The SMILES string of the molecule is O=C(c1cc2nc(-c3cccs3)cc(C(F)(F)F)n2n1)N1CCN(S(=O)(=O)c2cccs2)CC1. The third kappa shape index (κ3) is 4.10. The smallest absolute Gasteiger partial charge is 0.335 e. The van der Waals surface area contributed by atoms with E-state index in [1.807, 2.05) is 0 Å². The fraction of sp³-hybridized carbons (Fsp3) is 0.250. The van der Waals surface area contributed by atoms with Gasteiger partial charge in [-0.1, -0.05) is 12.1 Å². The van der Waals surface area contributed by atoms with Crippen LogP contribution >= 0.6 is 22.7 Å². The summed E-state index contributed by atoms with van der Waals surface area (Å²) in [6.45, 7) is 0.344. The van der Waals surface area contributed by atoms with Crippen LogP contribution in [-0.4, -0.2) is 64.3 Å². The lowest BCUT2D eigenvalue weighted by Crippen LogP contribution is -2.50. The highest BCUT2D eigenvalue weighted by atomic mass is 32.2. The zero-order valence-corrected chi connectivity index (χ0v) is 19.7. The molecular weight excluding hydrogens is 511 g/mol. The Hall–Kier alpha value is -2.81. The van der Waals surface area contributed by atoms with Crippen LogP contribution in [0, 0.1) is 0 Å². The largest absolute Gasteiger partial charge is 0.433 e. The van der Waals surface area contributed by atoms with Crippen molar-refractivity contribution in [3.8, 4) is 10.6 Å². The van der Waals surface area contributed by atoms with E-state index >= 15 is 0 Å². The number of hydrogen-bond donors (Lipinski definition) is 0. The summed E-state index contributed by atoms with van der Waals surface area (Å²) in [6, 6.07) is 8.67. The first-order valence-electron chi connectivity index (χ1n) is 9.99. The van der Waals surface area contributed by atoms with Gasteiger partial charge in [0.15, 0.2) is 17.0 Å². The molecule has 8 nitrogen and oxygen atoms in total. The number of thiophene rings is 2. The zero-order valence-electron chi connectivity index (χ0n) is 17.3. The van der Waals surface area contributed by atoms with Gasteiger partial charge >= 0.3 is 6.18 Å². The van der Waals surface area contributed by atoms with Gasteiger partial charge < -0.3 is 4.90 Å². The molecule has 0 spiro atoms. The van der Waals surface area contributed by atoms with E-state index in [9.17, 15) is 26.4 Å². The number of rotatable bonds is 4. The van der Waals surface area contributed by atoms with Crippen LogP contribution in [-0.2, 0) is 16.2 Å². The molecule has 34 heavy (non-hydrogen) atoms. The van der Waals surface area contributed by atoms with Crippen molar-refractivity contribution in [3.05, 3.63) is 58.5 Å². The van der Waals surface area contributed by atoms with Gasteiger partial charge in [0.2, 0.25) is 0 Å². The highest BCUT2D eigenvalue weighted by molar-refractivity contribution is 7.91. The second-order valence-corrected chi connectivity index (χ2v) is 11.5. The Balaban J connectivity index is 1.41. The summed E-state index contributed by atoms with van der Waals surface area (Å²) in [5, 5.41) is 7.31. The van der Waals surface area contributed by atoms with Gasteiger partial charge in [-0.3, -0.25) is 4.79 Å². The summed E-state index contributed by atoms with van der Waals surface area (Å²) in [7, 11) is -3.64. The third-order valence-corrected chi connectivity index (χ3v) is 9.49. The zero-order chi connectivity index (χ0) is 24.1. The van der Waals surface area contributed by atoms with Crippen LogP contribution in [0.1, 0.15) is 16.2 Å². The fourth-order valence-corrected chi connectivity index (χ4v) is 6.92. The predicted molar refractivity (Wildman–Crippen MR) is 120 cm³/mol. The molecule has 1 fully saturated rings. The molecule has 1 aliphatic heterocycles. The topological polar surface area (TPSA) is 87.9 Å². The van der Waals surface area contributed by atoms with Gasteiger partial charge in [-0.05, 0) is 29.0 Å². The van der Waals surface area contributed by atoms with Gasteiger partial charge in [0.05, 0.1) is 10.6 Å². The van der Waals surface area contributed by atoms with E-state index in [0.29, 0.717) is 9.39 Å². The van der Waals surface area contributed by atoms with Crippen LogP contribution in [0.25, 0.3) is 16.2 Å². The Bertz CT molecular complexity index is 1440. The van der Waals surface area contributed by atoms with Crippen molar-refractivity contribution in [2.45, 2.75) is 10.4 Å². The number of aromatic nitrogens is 3. The summed E-state index contributed by atoms with van der Waals surface area (Å²) in [5.41, 5.74) is -1.18. The Kier molecular flexibility index (Phi) is 5.70. The van der Waals surface area contributed by atoms with Gasteiger partial charge in [0.25, 0.3) is 15.9 Å². The van der Waals surface area contributed by atoms with Crippen molar-refractivity contribution < 1.29 is 26.4 Å². The minimum absolute atomic E-state index is 0.0773. The van der Waals surface area contributed by atoms with E-state index in [2.05, 4.69) is 10.1 Å². The molecule has 0 radical (unpaired) electrons. The Labute approximate surface area is 199 Å². The quantitative estimate of drug-likeness (QED) is 0.404. The van der Waals surface area contributed by atoms with Crippen LogP contribution in [0.4, 0.5) is 13.2 Å². The van der Waals surface area contributed by atoms with E-state index in [-0.39, 0.29) is 47.4 Å². The Morgan fingerprint density at radius 3 is 2.32 bits per heavy atom. The number of piperazine rings is 1. The highest BCUT2D eigenvalue weighted by Crippen LogP contribution is 2.33. The molecule has 5 rings (SSSR count). The third-order valence-electron chi connectivity index (χ3n) is 5.33. The van der Waals surface area contributed by atoms with Crippen LogP contribution in [0.3, 0.4) is 0 Å². The Morgan fingerprint density at radius 1 is 1.00 bits per heavy atom. The summed E-state index contributed by atoms with van der Waals surface area (Å²) < 4.78 is 68.7. The molecule has 0 saturated carbocycles. The Morgan fingerprint density at radius 2 is 1.71 bits per heavy atom. The highest BCUT2D eigenvalue weighted by Gasteiger charge is 2.36. The van der Waals surface area contributed by atoms with Crippen LogP contribution in [0.5, 0.6) is 0 Å². The number of nitrogens with zero attached hydrogens (tertiary/aromatic N) is 5. The van der Waals surface area contributed by atoms with Crippen LogP contribution in [0.15, 0.2) is 51.4 Å². The molecule has 1 amide bonds. The minimum Gasteiger partial charge on any atom is -0.335 e. The second-order valence-electron chi connectivity index (χ2n) is 7.43. The fourth-order valence-electron chi connectivity index (χ4n) is 3.66. The van der Waals surface area contributed by atoms with E-state index in [4.69, 9.17) is 0 Å². The number of hydrogen-bond acceptors (Lipinski definition) is 7. The molecule has 0 aromatic carbocycles. The lowest BCUT2D eigenvalue weighted by Gasteiger charge is -2.33. The number of carbonyl (C=O) groups is 1. The summed E-state index contributed by atoms with van der Waals surface area (Å²) in [5.74, 6) is -0.579. The van der Waals surface area contributed by atoms with Gasteiger partial charge in [0, 0.05) is 32.2 Å². The van der Waals surface area contributed by atoms with Gasteiger partial charge in [-0.2, -0.15) is 22.6 Å². The molecule has 4 aromatic rings. The monoisotopic (exact) mass is 527 g/mol. The number of amides is 1. The molecular formula is C20H16F3N5O3S3. The molecule has 178 valence electrons. The van der Waals surface area contributed by atoms with Crippen molar-refractivity contribution in [3.63, 3.8) is 0 Å². The number of alkyl halides is 3. The van der Waals surface area contributed by atoms with E-state index < -0.39 is 27.8 Å². The molecule has 0 N–H and O–H groups in total. The molecule has 0 bridgehead atoms. The maximum atomic E-state index is 13.7. The first kappa shape index (κ1) is 23.0. The first-order valence-corrected chi connectivity index (χ1v) is 13.2. The lowest BCUT2D eigenvalue weighted by molar-refractivity contribution is -0.142. The van der Waals surface area contributed by atoms with Crippen LogP contribution < -0.4 is 0 Å². The number of sulfonamides is 1. The first-order chi connectivity index (χ1) is 16.1. The van der Waals surface area contributed by atoms with Crippen molar-refractivity contribution >= 4 is 44.3 Å². The molecule has 0 aliphatic carbocycles. The predicted octanol–water partition coefficient (Wildman–Crippen LogP) is 3.68. The molecule has 1 saturated heterocycles. The van der Waals surface area contributed by atoms with E-state index in [1.54, 1.807) is 29.0 Å². The standard InChI is InChI=1S/C20H16F3N5O3S3/c21-20(22,23)16-11-13(15-3-1-9-32-15)24-17-12-14(25-28(16)17)19(29)26-5-7-27(8-6-26)34(30,31)18-4-2-10-33-18/h1-4,9-12H,5-8H2. The molecule has 1 aliphatic rings. The molecule has 0 unspecified atom stereocenters.